The number of carbonyl (C=O) groups is 2. The Balaban J connectivity index is 1.73. The van der Waals surface area contributed by atoms with Crippen LogP contribution in [0.2, 0.25) is 0 Å². The molecule has 3 aromatic rings. The molecule has 1 fully saturated rings. The number of halogens is 1. The van der Waals surface area contributed by atoms with Crippen LogP contribution in [0, 0.1) is 11.2 Å². The Bertz CT molecular complexity index is 1260. The molecule has 0 unspecified atom stereocenters. The van der Waals surface area contributed by atoms with Gasteiger partial charge in [-0.05, 0) is 54.2 Å². The molecule has 0 bridgehead atoms. The van der Waals surface area contributed by atoms with Crippen LogP contribution in [0.4, 0.5) is 10.1 Å². The molecule has 0 radical (unpaired) electrons. The molecular formula is C25H26FN3O3. The molecular weight excluding hydrogens is 409 g/mol. The van der Waals surface area contributed by atoms with Gasteiger partial charge in [-0.1, -0.05) is 19.9 Å². The van der Waals surface area contributed by atoms with Gasteiger partial charge in [-0.2, -0.15) is 0 Å². The van der Waals surface area contributed by atoms with Crippen molar-refractivity contribution in [1.82, 2.24) is 4.57 Å². The van der Waals surface area contributed by atoms with Crippen molar-refractivity contribution in [2.24, 2.45) is 11.1 Å². The number of hydrogen-bond acceptors (Lipinski definition) is 4. The Kier molecular flexibility index (Phi) is 4.82. The zero-order valence-corrected chi connectivity index (χ0v) is 18.2. The van der Waals surface area contributed by atoms with Crippen LogP contribution in [0.25, 0.3) is 22.0 Å². The van der Waals surface area contributed by atoms with Crippen LogP contribution in [-0.4, -0.2) is 35.6 Å². The minimum Gasteiger partial charge on any atom is -0.379 e. The number of amides is 1. The Labute approximate surface area is 185 Å². The number of nitrogens with two attached hydrogens (primary N) is 1. The van der Waals surface area contributed by atoms with E-state index in [1.807, 2.05) is 12.1 Å². The van der Waals surface area contributed by atoms with Gasteiger partial charge in [-0.3, -0.25) is 14.2 Å². The molecule has 0 saturated carbocycles. The summed E-state index contributed by atoms with van der Waals surface area (Å²) >= 11 is 0. The average molecular weight is 435 g/mol. The van der Waals surface area contributed by atoms with Crippen molar-refractivity contribution in [3.63, 3.8) is 0 Å². The quantitative estimate of drug-likeness (QED) is 0.638. The van der Waals surface area contributed by atoms with E-state index >= 15 is 0 Å². The highest BCUT2D eigenvalue weighted by molar-refractivity contribution is 6.06. The lowest BCUT2D eigenvalue weighted by atomic mass is 9.80. The minimum atomic E-state index is -0.514. The highest BCUT2D eigenvalue weighted by Crippen LogP contribution is 2.43. The Morgan fingerprint density at radius 2 is 2.03 bits per heavy atom. The lowest BCUT2D eigenvalue weighted by Crippen LogP contribution is -2.31. The predicted molar refractivity (Wildman–Crippen MR) is 121 cm³/mol. The molecule has 32 heavy (non-hydrogen) atoms. The van der Waals surface area contributed by atoms with Crippen LogP contribution in [0.1, 0.15) is 47.5 Å². The summed E-state index contributed by atoms with van der Waals surface area (Å²) in [7, 11) is 0. The fraction of sp³-hybridized carbons (Fsp3) is 0.360. The fourth-order valence-electron chi connectivity index (χ4n) is 4.99. The van der Waals surface area contributed by atoms with Crippen LogP contribution in [0.15, 0.2) is 36.4 Å². The first-order chi connectivity index (χ1) is 15.2. The summed E-state index contributed by atoms with van der Waals surface area (Å²) in [5.74, 6) is -0.928. The monoisotopic (exact) mass is 435 g/mol. The number of nitrogens with zero attached hydrogens (tertiary/aromatic N) is 1. The molecule has 1 saturated heterocycles. The van der Waals surface area contributed by atoms with E-state index in [-0.39, 0.29) is 23.2 Å². The Morgan fingerprint density at radius 3 is 2.75 bits per heavy atom. The first-order valence-corrected chi connectivity index (χ1v) is 10.9. The van der Waals surface area contributed by atoms with Crippen molar-refractivity contribution < 1.29 is 18.7 Å². The molecule has 6 nitrogen and oxygen atoms in total. The second-order valence-electron chi connectivity index (χ2n) is 9.56. The van der Waals surface area contributed by atoms with Crippen LogP contribution in [0.3, 0.4) is 0 Å². The molecule has 2 aromatic carbocycles. The molecule has 5 rings (SSSR count). The normalized spacial score (nSPS) is 19.8. The maximum Gasteiger partial charge on any atom is 0.250 e. The maximum absolute atomic E-state index is 14.1. The lowest BCUT2D eigenvalue weighted by Gasteiger charge is -2.30. The van der Waals surface area contributed by atoms with Gasteiger partial charge in [0.1, 0.15) is 5.82 Å². The summed E-state index contributed by atoms with van der Waals surface area (Å²) in [4.78, 5) is 25.1. The van der Waals surface area contributed by atoms with E-state index in [1.165, 1.54) is 12.1 Å². The van der Waals surface area contributed by atoms with E-state index in [0.717, 1.165) is 28.6 Å². The Hall–Kier alpha value is -3.19. The van der Waals surface area contributed by atoms with Crippen molar-refractivity contribution in [1.29, 1.82) is 0 Å². The molecule has 166 valence electrons. The SMILES string of the molecule is CC1(C)CC(=O)n2c(c(-c3ccc(C(N)=O)c(N[C@H]4CCOC4)c3)c3ccc(F)cc32)C1. The fourth-order valence-corrected chi connectivity index (χ4v) is 4.99. The third-order valence-corrected chi connectivity index (χ3v) is 6.42. The van der Waals surface area contributed by atoms with E-state index in [9.17, 15) is 14.0 Å². The standard InChI is InChI=1S/C25H26FN3O3/c1-25(2)11-21-23(18-6-4-15(26)10-20(18)29(21)22(30)12-25)14-3-5-17(24(27)31)19(9-14)28-16-7-8-32-13-16/h3-6,9-10,16,28H,7-8,11-13H2,1-2H3,(H2,27,31)/t16-/m0/s1. The summed E-state index contributed by atoms with van der Waals surface area (Å²) in [6.07, 6.45) is 1.92. The molecule has 0 spiro atoms. The molecule has 1 aromatic heterocycles. The number of hydrogen-bond donors (Lipinski definition) is 2. The van der Waals surface area contributed by atoms with Gasteiger partial charge in [0.15, 0.2) is 0 Å². The number of ether oxygens (including phenoxy) is 1. The smallest absolute Gasteiger partial charge is 0.250 e. The number of rotatable bonds is 4. The second-order valence-corrected chi connectivity index (χ2v) is 9.56. The van der Waals surface area contributed by atoms with Gasteiger partial charge in [0, 0.05) is 35.4 Å². The third-order valence-electron chi connectivity index (χ3n) is 6.42. The van der Waals surface area contributed by atoms with Crippen molar-refractivity contribution in [3.05, 3.63) is 53.5 Å². The van der Waals surface area contributed by atoms with Crippen molar-refractivity contribution in [2.75, 3.05) is 18.5 Å². The van der Waals surface area contributed by atoms with Gasteiger partial charge < -0.3 is 15.8 Å². The van der Waals surface area contributed by atoms with Crippen LogP contribution in [-0.2, 0) is 11.2 Å². The highest BCUT2D eigenvalue weighted by atomic mass is 19.1. The maximum atomic E-state index is 14.1. The van der Waals surface area contributed by atoms with Gasteiger partial charge in [-0.15, -0.1) is 0 Å². The zero-order chi connectivity index (χ0) is 22.6. The summed E-state index contributed by atoms with van der Waals surface area (Å²) in [6.45, 7) is 5.37. The summed E-state index contributed by atoms with van der Waals surface area (Å²) in [5.41, 5.74) is 9.66. The number of primary amides is 1. The number of benzene rings is 2. The van der Waals surface area contributed by atoms with Crippen LogP contribution < -0.4 is 11.1 Å². The van der Waals surface area contributed by atoms with Gasteiger partial charge >= 0.3 is 0 Å². The number of anilines is 1. The van der Waals surface area contributed by atoms with Crippen molar-refractivity contribution in [2.45, 2.75) is 39.2 Å². The molecule has 2 aliphatic heterocycles. The minimum absolute atomic E-state index is 0.0340. The molecule has 7 heteroatoms. The second kappa shape index (κ2) is 7.45. The van der Waals surface area contributed by atoms with E-state index in [1.54, 1.807) is 16.7 Å². The zero-order valence-electron chi connectivity index (χ0n) is 18.2. The Morgan fingerprint density at radius 1 is 1.22 bits per heavy atom. The molecule has 3 N–H and O–H groups in total. The summed E-state index contributed by atoms with van der Waals surface area (Å²) in [5, 5.41) is 4.21. The predicted octanol–water partition coefficient (Wildman–Crippen LogP) is 4.36. The molecule has 3 heterocycles. The van der Waals surface area contributed by atoms with Crippen molar-refractivity contribution in [3.8, 4) is 11.1 Å². The average Bonchev–Trinajstić information content (AvgIpc) is 3.32. The van der Waals surface area contributed by atoms with E-state index < -0.39 is 5.91 Å². The van der Waals surface area contributed by atoms with Crippen LogP contribution in [0.5, 0.6) is 0 Å². The third kappa shape index (κ3) is 3.46. The first kappa shape index (κ1) is 20.7. The summed E-state index contributed by atoms with van der Waals surface area (Å²) in [6, 6.07) is 10.1. The largest absolute Gasteiger partial charge is 0.379 e. The van der Waals surface area contributed by atoms with Gasteiger partial charge in [0.2, 0.25) is 5.91 Å². The number of nitrogens with one attached hydrogen (secondary N) is 1. The molecule has 1 atom stereocenters. The van der Waals surface area contributed by atoms with Gasteiger partial charge in [0.05, 0.1) is 23.7 Å². The van der Waals surface area contributed by atoms with Crippen LogP contribution >= 0.6 is 0 Å². The highest BCUT2D eigenvalue weighted by Gasteiger charge is 2.35. The molecule has 1 amide bonds. The van der Waals surface area contributed by atoms with E-state index in [2.05, 4.69) is 19.2 Å². The van der Waals surface area contributed by atoms with Gasteiger partial charge in [0.25, 0.3) is 5.91 Å². The van der Waals surface area contributed by atoms with E-state index in [0.29, 0.717) is 42.8 Å². The number of aromatic nitrogens is 1. The number of fused-ring (bicyclic) bond motifs is 3. The summed E-state index contributed by atoms with van der Waals surface area (Å²) < 4.78 is 21.3. The molecule has 2 aliphatic rings. The first-order valence-electron chi connectivity index (χ1n) is 10.9. The van der Waals surface area contributed by atoms with Gasteiger partial charge in [-0.25, -0.2) is 4.39 Å². The lowest BCUT2D eigenvalue weighted by molar-refractivity contribution is 0.0816. The number of carbonyl (C=O) groups excluding carboxylic acids is 2. The van der Waals surface area contributed by atoms with Crippen molar-refractivity contribution >= 4 is 28.4 Å². The van der Waals surface area contributed by atoms with E-state index in [4.69, 9.17) is 10.5 Å². The topological polar surface area (TPSA) is 86.4 Å². The molecule has 0 aliphatic carbocycles.